The molecule has 0 saturated heterocycles. The smallest absolute Gasteiger partial charge is 0.243 e. The summed E-state index contributed by atoms with van der Waals surface area (Å²) in [5, 5.41) is 3.32. The fraction of sp³-hybridized carbons (Fsp3) is 0.375. The summed E-state index contributed by atoms with van der Waals surface area (Å²) in [5.41, 5.74) is 3.27. The Balaban J connectivity index is 1.57. The van der Waals surface area contributed by atoms with Crippen LogP contribution in [0.5, 0.6) is 0 Å². The Morgan fingerprint density at radius 1 is 0.892 bits per heavy atom. The molecule has 0 bridgehead atoms. The number of hydrogen-bond acceptors (Lipinski definition) is 3. The maximum atomic E-state index is 13.8. The van der Waals surface area contributed by atoms with Crippen LogP contribution in [0.15, 0.2) is 89.8 Å². The van der Waals surface area contributed by atoms with Crippen molar-refractivity contribution in [2.75, 3.05) is 5.75 Å². The van der Waals surface area contributed by atoms with E-state index in [1.165, 1.54) is 6.42 Å². The molecule has 0 heterocycles. The first-order valence-electron chi connectivity index (χ1n) is 13.5. The van der Waals surface area contributed by atoms with Crippen molar-refractivity contribution in [2.45, 2.75) is 75.4 Å². The van der Waals surface area contributed by atoms with E-state index in [2.05, 4.69) is 36.5 Å². The molecule has 37 heavy (non-hydrogen) atoms. The molecule has 5 heteroatoms. The summed E-state index contributed by atoms with van der Waals surface area (Å²) in [6.07, 6.45) is 6.45. The van der Waals surface area contributed by atoms with Crippen molar-refractivity contribution in [3.63, 3.8) is 0 Å². The number of benzene rings is 3. The van der Waals surface area contributed by atoms with Crippen molar-refractivity contribution < 1.29 is 9.59 Å². The topological polar surface area (TPSA) is 49.4 Å². The van der Waals surface area contributed by atoms with Gasteiger partial charge in [-0.15, -0.1) is 11.8 Å². The predicted octanol–water partition coefficient (Wildman–Crippen LogP) is 6.57. The van der Waals surface area contributed by atoms with Gasteiger partial charge in [0.05, 0.1) is 0 Å². The number of carbonyl (C=O) groups excluding carboxylic acids is 2. The lowest BCUT2D eigenvalue weighted by Gasteiger charge is -2.34. The van der Waals surface area contributed by atoms with Crippen molar-refractivity contribution in [3.8, 4) is 0 Å². The summed E-state index contributed by atoms with van der Waals surface area (Å²) < 4.78 is 0. The molecule has 0 radical (unpaired) electrons. The molecule has 194 valence electrons. The number of hydrogen-bond donors (Lipinski definition) is 1. The lowest BCUT2D eigenvalue weighted by atomic mass is 9.94. The minimum atomic E-state index is -0.557. The van der Waals surface area contributed by atoms with Gasteiger partial charge in [0.25, 0.3) is 0 Å². The molecule has 4 nitrogen and oxygen atoms in total. The average molecular weight is 515 g/mol. The molecule has 1 saturated carbocycles. The number of nitrogens with zero attached hydrogens (tertiary/aromatic N) is 1. The van der Waals surface area contributed by atoms with Gasteiger partial charge in [-0.3, -0.25) is 9.59 Å². The van der Waals surface area contributed by atoms with E-state index >= 15 is 0 Å². The van der Waals surface area contributed by atoms with Gasteiger partial charge in [0.15, 0.2) is 0 Å². The van der Waals surface area contributed by atoms with Crippen LogP contribution in [0.2, 0.25) is 0 Å². The zero-order chi connectivity index (χ0) is 25.9. The fourth-order valence-electron chi connectivity index (χ4n) is 4.99. The Hall–Kier alpha value is -3.05. The molecule has 1 atom stereocenters. The number of rotatable bonds is 11. The third-order valence-corrected chi connectivity index (χ3v) is 8.17. The Morgan fingerprint density at radius 2 is 1.54 bits per heavy atom. The first-order valence-corrected chi connectivity index (χ1v) is 14.4. The fourth-order valence-corrected chi connectivity index (χ4v) is 5.85. The molecule has 0 spiro atoms. The molecular weight excluding hydrogens is 476 g/mol. The molecule has 0 aliphatic heterocycles. The van der Waals surface area contributed by atoms with Crippen LogP contribution in [0.25, 0.3) is 0 Å². The minimum absolute atomic E-state index is 0.0198. The van der Waals surface area contributed by atoms with E-state index in [4.69, 9.17) is 0 Å². The van der Waals surface area contributed by atoms with Gasteiger partial charge >= 0.3 is 0 Å². The second kappa shape index (κ2) is 14.0. The van der Waals surface area contributed by atoms with Crippen molar-refractivity contribution in [3.05, 3.63) is 102 Å². The Morgan fingerprint density at radius 3 is 2.24 bits per heavy atom. The highest BCUT2D eigenvalue weighted by Gasteiger charge is 2.32. The highest BCUT2D eigenvalue weighted by molar-refractivity contribution is 7.99. The summed E-state index contributed by atoms with van der Waals surface area (Å²) in [7, 11) is 0. The lowest BCUT2D eigenvalue weighted by molar-refractivity contribution is -0.141. The van der Waals surface area contributed by atoms with Gasteiger partial charge in [0.2, 0.25) is 11.8 Å². The van der Waals surface area contributed by atoms with E-state index in [0.29, 0.717) is 25.1 Å². The van der Waals surface area contributed by atoms with Crippen molar-refractivity contribution in [2.24, 2.45) is 0 Å². The molecule has 1 fully saturated rings. The number of nitrogens with one attached hydrogen (secondary N) is 1. The minimum Gasteiger partial charge on any atom is -0.352 e. The van der Waals surface area contributed by atoms with E-state index in [9.17, 15) is 9.59 Å². The molecule has 3 aromatic rings. The number of aryl methyl sites for hydroxylation is 1. The third kappa shape index (κ3) is 8.22. The van der Waals surface area contributed by atoms with E-state index < -0.39 is 6.04 Å². The average Bonchev–Trinajstić information content (AvgIpc) is 2.93. The van der Waals surface area contributed by atoms with Gasteiger partial charge in [-0.25, -0.2) is 0 Å². The highest BCUT2D eigenvalue weighted by atomic mass is 32.2. The Bertz CT molecular complexity index is 1130. The molecule has 4 rings (SSSR count). The van der Waals surface area contributed by atoms with Crippen LogP contribution in [-0.4, -0.2) is 34.6 Å². The first-order chi connectivity index (χ1) is 18.1. The second-order valence-corrected chi connectivity index (χ2v) is 11.1. The zero-order valence-electron chi connectivity index (χ0n) is 21.8. The lowest BCUT2D eigenvalue weighted by Crippen LogP contribution is -2.53. The van der Waals surface area contributed by atoms with Crippen molar-refractivity contribution in [1.82, 2.24) is 10.2 Å². The molecule has 3 aromatic carbocycles. The SMILES string of the molecule is Cc1ccccc1CN(C(=O)CCSc1ccccc1)[C@H](Cc1ccccc1)C(=O)NC1CCCCC1. The van der Waals surface area contributed by atoms with Crippen molar-refractivity contribution in [1.29, 1.82) is 0 Å². The van der Waals surface area contributed by atoms with E-state index in [1.54, 1.807) is 11.8 Å². The van der Waals surface area contributed by atoms with Gasteiger partial charge in [-0.2, -0.15) is 0 Å². The van der Waals surface area contributed by atoms with Gasteiger partial charge < -0.3 is 10.2 Å². The summed E-state index contributed by atoms with van der Waals surface area (Å²) >= 11 is 1.68. The summed E-state index contributed by atoms with van der Waals surface area (Å²) in [6.45, 7) is 2.49. The van der Waals surface area contributed by atoms with Crippen LogP contribution in [0, 0.1) is 6.92 Å². The van der Waals surface area contributed by atoms with Crippen molar-refractivity contribution >= 4 is 23.6 Å². The van der Waals surface area contributed by atoms with Crippen LogP contribution in [-0.2, 0) is 22.6 Å². The van der Waals surface area contributed by atoms with Crippen LogP contribution in [0.3, 0.4) is 0 Å². The molecule has 0 aromatic heterocycles. The molecule has 1 N–H and O–H groups in total. The summed E-state index contributed by atoms with van der Waals surface area (Å²) in [4.78, 5) is 30.6. The number of carbonyl (C=O) groups is 2. The monoisotopic (exact) mass is 514 g/mol. The number of amides is 2. The Labute approximate surface area is 225 Å². The summed E-state index contributed by atoms with van der Waals surface area (Å²) in [5.74, 6) is 0.662. The molecule has 1 aliphatic rings. The van der Waals surface area contributed by atoms with Crippen LogP contribution in [0.4, 0.5) is 0 Å². The molecule has 2 amide bonds. The van der Waals surface area contributed by atoms with E-state index in [0.717, 1.165) is 47.3 Å². The van der Waals surface area contributed by atoms with Crippen LogP contribution in [0.1, 0.15) is 55.2 Å². The standard InChI is InChI=1S/C32H38N2O2S/c1-25-13-11-12-16-27(25)24-34(31(35)21-22-37-29-19-9-4-10-20-29)30(23-26-14-5-2-6-15-26)32(36)33-28-17-7-3-8-18-28/h2,4-6,9-16,19-20,28,30H,3,7-8,17-18,21-24H2,1H3,(H,33,36)/t30-/m1/s1. The quantitative estimate of drug-likeness (QED) is 0.295. The van der Waals surface area contributed by atoms with Gasteiger partial charge in [-0.05, 0) is 48.6 Å². The van der Waals surface area contributed by atoms with Gasteiger partial charge in [0.1, 0.15) is 6.04 Å². The zero-order valence-corrected chi connectivity index (χ0v) is 22.6. The third-order valence-electron chi connectivity index (χ3n) is 7.15. The maximum absolute atomic E-state index is 13.8. The molecule has 0 unspecified atom stereocenters. The maximum Gasteiger partial charge on any atom is 0.243 e. The molecular formula is C32H38N2O2S. The van der Waals surface area contributed by atoms with Gasteiger partial charge in [0, 0.05) is 36.1 Å². The van der Waals surface area contributed by atoms with E-state index in [1.807, 2.05) is 65.6 Å². The summed E-state index contributed by atoms with van der Waals surface area (Å²) in [6, 6.07) is 28.0. The Kier molecular flexibility index (Phi) is 10.2. The van der Waals surface area contributed by atoms with Crippen LogP contribution < -0.4 is 5.32 Å². The largest absolute Gasteiger partial charge is 0.352 e. The second-order valence-electron chi connectivity index (χ2n) is 9.91. The van der Waals surface area contributed by atoms with Crippen LogP contribution >= 0.6 is 11.8 Å². The predicted molar refractivity (Wildman–Crippen MR) is 152 cm³/mol. The first kappa shape index (κ1) is 27.0. The number of thioether (sulfide) groups is 1. The molecule has 1 aliphatic carbocycles. The van der Waals surface area contributed by atoms with Gasteiger partial charge in [-0.1, -0.05) is 92.1 Å². The van der Waals surface area contributed by atoms with E-state index in [-0.39, 0.29) is 17.9 Å². The normalized spacial score (nSPS) is 14.6. The highest BCUT2D eigenvalue weighted by Crippen LogP contribution is 2.23.